The Morgan fingerprint density at radius 1 is 1.23 bits per heavy atom. The molecule has 0 atom stereocenters. The molecule has 2 aromatic heterocycles. The fourth-order valence-corrected chi connectivity index (χ4v) is 4.88. The first kappa shape index (κ1) is 16.0. The van der Waals surface area contributed by atoms with Crippen LogP contribution in [0.25, 0.3) is 10.2 Å². The van der Waals surface area contributed by atoms with Crippen molar-refractivity contribution in [1.29, 1.82) is 0 Å². The minimum atomic E-state index is -0.312. The Bertz CT molecular complexity index is 939. The fourth-order valence-electron chi connectivity index (χ4n) is 2.08. The van der Waals surface area contributed by atoms with E-state index in [1.807, 2.05) is 17.6 Å². The van der Waals surface area contributed by atoms with Crippen molar-refractivity contribution < 1.29 is 4.79 Å². The number of aromatic nitrogens is 1. The molecule has 0 aliphatic carbocycles. The lowest BCUT2D eigenvalue weighted by molar-refractivity contribution is 0.100. The van der Waals surface area contributed by atoms with E-state index in [1.54, 1.807) is 18.2 Å². The zero-order valence-electron chi connectivity index (χ0n) is 11.3. The Balaban J connectivity index is 2.20. The highest BCUT2D eigenvalue weighted by Crippen LogP contribution is 2.29. The smallest absolute Gasteiger partial charge is 0.289 e. The zero-order valence-corrected chi connectivity index (χ0v) is 15.2. The molecule has 8 heteroatoms. The molecule has 0 N–H and O–H groups in total. The standard InChI is InChI=1S/C14H9Cl3N2OS2/c1-2-19-12-8(16)5-7(15)6-10(12)22-14(19)18-13(20)9-3-4-11(17)21-9/h3-6H,2H2,1H3. The molecule has 0 saturated carbocycles. The molecular formula is C14H9Cl3N2OS2. The van der Waals surface area contributed by atoms with Gasteiger partial charge in [0.2, 0.25) is 0 Å². The average molecular weight is 392 g/mol. The van der Waals surface area contributed by atoms with Gasteiger partial charge in [-0.3, -0.25) is 4.79 Å². The van der Waals surface area contributed by atoms with E-state index in [1.165, 1.54) is 22.7 Å². The molecular weight excluding hydrogens is 383 g/mol. The maximum Gasteiger partial charge on any atom is 0.289 e. The number of amides is 1. The molecule has 3 rings (SSSR count). The third-order valence-corrected chi connectivity index (χ3v) is 5.74. The molecule has 3 aromatic rings. The topological polar surface area (TPSA) is 34.4 Å². The van der Waals surface area contributed by atoms with Gasteiger partial charge in [0.1, 0.15) is 0 Å². The van der Waals surface area contributed by atoms with Crippen molar-refractivity contribution in [3.05, 3.63) is 48.3 Å². The van der Waals surface area contributed by atoms with Crippen LogP contribution in [0.2, 0.25) is 14.4 Å². The van der Waals surface area contributed by atoms with Crippen molar-refractivity contribution in [2.75, 3.05) is 0 Å². The van der Waals surface area contributed by atoms with E-state index in [0.717, 1.165) is 10.2 Å². The molecule has 114 valence electrons. The number of carbonyl (C=O) groups excluding carboxylic acids is 1. The highest BCUT2D eigenvalue weighted by Gasteiger charge is 2.13. The van der Waals surface area contributed by atoms with E-state index in [4.69, 9.17) is 34.8 Å². The van der Waals surface area contributed by atoms with Gasteiger partial charge >= 0.3 is 0 Å². The quantitative estimate of drug-likeness (QED) is 0.569. The largest absolute Gasteiger partial charge is 0.315 e. The molecule has 1 amide bonds. The van der Waals surface area contributed by atoms with E-state index in [9.17, 15) is 4.79 Å². The first-order valence-corrected chi connectivity index (χ1v) is 9.09. The van der Waals surface area contributed by atoms with Crippen LogP contribution in [-0.4, -0.2) is 10.5 Å². The summed E-state index contributed by atoms with van der Waals surface area (Å²) in [4.78, 5) is 17.6. The SMILES string of the molecule is CCn1c(=NC(=O)c2ccc(Cl)s2)sc2cc(Cl)cc(Cl)c21. The molecule has 1 aromatic carbocycles. The number of aryl methyl sites for hydroxylation is 1. The van der Waals surface area contributed by atoms with Crippen molar-refractivity contribution in [3.63, 3.8) is 0 Å². The lowest BCUT2D eigenvalue weighted by Gasteiger charge is -2.02. The third-order valence-electron chi connectivity index (χ3n) is 2.99. The fraction of sp³-hybridized carbons (Fsp3) is 0.143. The normalized spacial score (nSPS) is 12.3. The van der Waals surface area contributed by atoms with Crippen LogP contribution in [0.4, 0.5) is 0 Å². The van der Waals surface area contributed by atoms with E-state index < -0.39 is 0 Å². The van der Waals surface area contributed by atoms with Gasteiger partial charge in [-0.25, -0.2) is 0 Å². The second-order valence-corrected chi connectivity index (χ2v) is 7.95. The van der Waals surface area contributed by atoms with Crippen molar-refractivity contribution in [2.45, 2.75) is 13.5 Å². The number of carbonyl (C=O) groups is 1. The predicted octanol–water partition coefficient (Wildman–Crippen LogP) is 5.49. The molecule has 3 nitrogen and oxygen atoms in total. The summed E-state index contributed by atoms with van der Waals surface area (Å²) in [5.74, 6) is -0.312. The van der Waals surface area contributed by atoms with Gasteiger partial charge in [0, 0.05) is 11.6 Å². The number of nitrogens with zero attached hydrogens (tertiary/aromatic N) is 2. The molecule has 0 unspecified atom stereocenters. The Hall–Kier alpha value is -0.850. The predicted molar refractivity (Wildman–Crippen MR) is 94.7 cm³/mol. The minimum absolute atomic E-state index is 0.312. The summed E-state index contributed by atoms with van der Waals surface area (Å²) in [5, 5.41) is 1.11. The summed E-state index contributed by atoms with van der Waals surface area (Å²) in [6.07, 6.45) is 0. The van der Waals surface area contributed by atoms with Crippen molar-refractivity contribution in [2.24, 2.45) is 4.99 Å². The summed E-state index contributed by atoms with van der Waals surface area (Å²) < 4.78 is 3.37. The van der Waals surface area contributed by atoms with Crippen molar-refractivity contribution in [1.82, 2.24) is 4.57 Å². The number of thiazole rings is 1. The maximum atomic E-state index is 12.2. The van der Waals surface area contributed by atoms with Gasteiger partial charge in [-0.1, -0.05) is 46.1 Å². The van der Waals surface area contributed by atoms with Gasteiger partial charge in [-0.2, -0.15) is 4.99 Å². The monoisotopic (exact) mass is 390 g/mol. The average Bonchev–Trinajstić information content (AvgIpc) is 3.02. The Labute approximate surface area is 149 Å². The van der Waals surface area contributed by atoms with Crippen LogP contribution in [0.5, 0.6) is 0 Å². The summed E-state index contributed by atoms with van der Waals surface area (Å²) in [7, 11) is 0. The summed E-state index contributed by atoms with van der Waals surface area (Å²) >= 11 is 20.8. The van der Waals surface area contributed by atoms with Gasteiger partial charge in [0.15, 0.2) is 4.80 Å². The maximum absolute atomic E-state index is 12.2. The number of fused-ring (bicyclic) bond motifs is 1. The molecule has 0 spiro atoms. The molecule has 0 bridgehead atoms. The second-order valence-electron chi connectivity index (χ2n) is 4.38. The highest BCUT2D eigenvalue weighted by atomic mass is 35.5. The molecule has 2 heterocycles. The van der Waals surface area contributed by atoms with Gasteiger partial charge in [-0.15, -0.1) is 11.3 Å². The summed E-state index contributed by atoms with van der Waals surface area (Å²) in [5.41, 5.74) is 0.842. The number of benzene rings is 1. The van der Waals surface area contributed by atoms with Crippen LogP contribution < -0.4 is 4.80 Å². The van der Waals surface area contributed by atoms with Crippen LogP contribution >= 0.6 is 57.5 Å². The Morgan fingerprint density at radius 3 is 2.64 bits per heavy atom. The van der Waals surface area contributed by atoms with Gasteiger partial charge in [0.05, 0.1) is 24.5 Å². The van der Waals surface area contributed by atoms with Gasteiger partial charge < -0.3 is 4.57 Å². The first-order valence-electron chi connectivity index (χ1n) is 6.32. The lowest BCUT2D eigenvalue weighted by atomic mass is 10.3. The van der Waals surface area contributed by atoms with Crippen LogP contribution in [0.1, 0.15) is 16.6 Å². The second kappa shape index (κ2) is 6.34. The molecule has 0 radical (unpaired) electrons. The molecule has 0 aliphatic rings. The van der Waals surface area contributed by atoms with Gasteiger partial charge in [0.25, 0.3) is 5.91 Å². The Kier molecular flexibility index (Phi) is 4.61. The number of rotatable bonds is 2. The molecule has 0 saturated heterocycles. The molecule has 22 heavy (non-hydrogen) atoms. The Morgan fingerprint density at radius 2 is 2.00 bits per heavy atom. The zero-order chi connectivity index (χ0) is 15.9. The van der Waals surface area contributed by atoms with E-state index >= 15 is 0 Å². The number of thiophene rings is 1. The third kappa shape index (κ3) is 2.96. The van der Waals surface area contributed by atoms with E-state index in [2.05, 4.69) is 4.99 Å². The molecule has 0 fully saturated rings. The number of halogens is 3. The van der Waals surface area contributed by atoms with Gasteiger partial charge in [-0.05, 0) is 31.2 Å². The van der Waals surface area contributed by atoms with Crippen LogP contribution in [0.3, 0.4) is 0 Å². The van der Waals surface area contributed by atoms with Crippen molar-refractivity contribution in [3.8, 4) is 0 Å². The number of hydrogen-bond donors (Lipinski definition) is 0. The highest BCUT2D eigenvalue weighted by molar-refractivity contribution is 7.18. The lowest BCUT2D eigenvalue weighted by Crippen LogP contribution is -2.15. The van der Waals surface area contributed by atoms with Crippen LogP contribution in [-0.2, 0) is 6.54 Å². The summed E-state index contributed by atoms with van der Waals surface area (Å²) in [6.45, 7) is 2.63. The minimum Gasteiger partial charge on any atom is -0.315 e. The molecule has 0 aliphatic heterocycles. The van der Waals surface area contributed by atoms with E-state index in [0.29, 0.717) is 30.6 Å². The number of hydrogen-bond acceptors (Lipinski definition) is 3. The van der Waals surface area contributed by atoms with E-state index in [-0.39, 0.29) is 5.91 Å². The first-order chi connectivity index (χ1) is 10.5. The van der Waals surface area contributed by atoms with Crippen LogP contribution in [0, 0.1) is 0 Å². The summed E-state index contributed by atoms with van der Waals surface area (Å²) in [6, 6.07) is 6.87. The van der Waals surface area contributed by atoms with Crippen LogP contribution in [0.15, 0.2) is 29.3 Å². The van der Waals surface area contributed by atoms with Crippen molar-refractivity contribution >= 4 is 73.6 Å².